The Morgan fingerprint density at radius 1 is 1.07 bits per heavy atom. The Morgan fingerprint density at radius 2 is 1.83 bits per heavy atom. The van der Waals surface area contributed by atoms with Crippen molar-refractivity contribution < 1.29 is 14.0 Å². The van der Waals surface area contributed by atoms with Crippen LogP contribution in [0.15, 0.2) is 52.1 Å². The van der Waals surface area contributed by atoms with Gasteiger partial charge in [-0.3, -0.25) is 14.6 Å². The van der Waals surface area contributed by atoms with E-state index in [0.29, 0.717) is 36.9 Å². The van der Waals surface area contributed by atoms with Gasteiger partial charge in [0.05, 0.1) is 6.26 Å². The Hall–Kier alpha value is -2.56. The van der Waals surface area contributed by atoms with Crippen LogP contribution >= 0.6 is 24.0 Å². The summed E-state index contributed by atoms with van der Waals surface area (Å²) in [5.74, 6) is 0.716. The fourth-order valence-corrected chi connectivity index (χ4v) is 2.61. The summed E-state index contributed by atoms with van der Waals surface area (Å²) >= 11 is 0. The second-order valence-electron chi connectivity index (χ2n) is 6.57. The highest BCUT2D eigenvalue weighted by Gasteiger charge is 2.08. The van der Waals surface area contributed by atoms with Crippen LogP contribution in [0.25, 0.3) is 0 Å². The second-order valence-corrected chi connectivity index (χ2v) is 6.57. The zero-order valence-corrected chi connectivity index (χ0v) is 19.9. The highest BCUT2D eigenvalue weighted by Crippen LogP contribution is 2.08. The van der Waals surface area contributed by atoms with Crippen LogP contribution in [0.4, 0.5) is 0 Å². The van der Waals surface area contributed by atoms with Crippen LogP contribution in [-0.2, 0) is 6.42 Å². The zero-order chi connectivity index (χ0) is 21.1. The van der Waals surface area contributed by atoms with E-state index in [2.05, 4.69) is 20.9 Å². The van der Waals surface area contributed by atoms with E-state index in [9.17, 15) is 9.59 Å². The Labute approximate surface area is 194 Å². The van der Waals surface area contributed by atoms with Gasteiger partial charge in [-0.2, -0.15) is 0 Å². The number of carbonyl (C=O) groups is 2. The molecule has 164 valence electrons. The van der Waals surface area contributed by atoms with Crippen molar-refractivity contribution in [2.75, 3.05) is 40.3 Å². The van der Waals surface area contributed by atoms with Crippen molar-refractivity contribution in [2.45, 2.75) is 13.3 Å². The van der Waals surface area contributed by atoms with Crippen molar-refractivity contribution in [1.29, 1.82) is 0 Å². The molecule has 8 nitrogen and oxygen atoms in total. The van der Waals surface area contributed by atoms with Crippen molar-refractivity contribution in [3.63, 3.8) is 0 Å². The molecule has 1 aromatic heterocycles. The molecule has 0 saturated heterocycles. The number of nitrogens with zero attached hydrogens (tertiary/aromatic N) is 2. The average molecular weight is 527 g/mol. The third-order valence-corrected chi connectivity index (χ3v) is 4.04. The minimum atomic E-state index is -0.245. The van der Waals surface area contributed by atoms with Crippen LogP contribution in [0.3, 0.4) is 0 Å². The molecule has 3 N–H and O–H groups in total. The number of rotatable bonds is 9. The van der Waals surface area contributed by atoms with Gasteiger partial charge in [-0.1, -0.05) is 12.1 Å². The fraction of sp³-hybridized carbons (Fsp3) is 0.381. The van der Waals surface area contributed by atoms with Gasteiger partial charge in [-0.25, -0.2) is 0 Å². The lowest BCUT2D eigenvalue weighted by Gasteiger charge is -2.12. The van der Waals surface area contributed by atoms with Crippen molar-refractivity contribution in [3.05, 3.63) is 59.5 Å². The first-order valence-corrected chi connectivity index (χ1v) is 9.65. The van der Waals surface area contributed by atoms with Gasteiger partial charge >= 0.3 is 0 Å². The quantitative estimate of drug-likeness (QED) is 0.201. The number of carbonyl (C=O) groups excluding carboxylic acids is 2. The highest BCUT2D eigenvalue weighted by molar-refractivity contribution is 14.0. The molecule has 2 aromatic rings. The molecule has 1 aromatic carbocycles. The van der Waals surface area contributed by atoms with Gasteiger partial charge in [-0.05, 0) is 43.2 Å². The number of benzene rings is 1. The summed E-state index contributed by atoms with van der Waals surface area (Å²) in [6, 6.07) is 10.9. The third kappa shape index (κ3) is 8.44. The van der Waals surface area contributed by atoms with Crippen molar-refractivity contribution >= 4 is 41.8 Å². The zero-order valence-electron chi connectivity index (χ0n) is 17.6. The first-order chi connectivity index (χ1) is 14.0. The summed E-state index contributed by atoms with van der Waals surface area (Å²) in [5.41, 5.74) is 1.73. The van der Waals surface area contributed by atoms with Gasteiger partial charge in [0.25, 0.3) is 11.8 Å². The molecule has 0 bridgehead atoms. The monoisotopic (exact) mass is 527 g/mol. The maximum atomic E-state index is 12.1. The molecule has 0 fully saturated rings. The van der Waals surface area contributed by atoms with Crippen LogP contribution in [0, 0.1) is 0 Å². The van der Waals surface area contributed by atoms with Gasteiger partial charge in [0, 0.05) is 45.8 Å². The first-order valence-electron chi connectivity index (χ1n) is 9.65. The molecule has 0 radical (unpaired) electrons. The molecule has 0 aliphatic carbocycles. The van der Waals surface area contributed by atoms with Crippen LogP contribution in [0.1, 0.15) is 33.4 Å². The molecular formula is C21H30IN5O3. The molecule has 9 heteroatoms. The summed E-state index contributed by atoms with van der Waals surface area (Å²) in [5, 5.41) is 9.14. The summed E-state index contributed by atoms with van der Waals surface area (Å²) in [7, 11) is 3.48. The van der Waals surface area contributed by atoms with Crippen LogP contribution in [0.5, 0.6) is 0 Å². The summed E-state index contributed by atoms with van der Waals surface area (Å²) in [4.78, 5) is 30.0. The molecular weight excluding hydrogens is 497 g/mol. The summed E-state index contributed by atoms with van der Waals surface area (Å²) < 4.78 is 5.05. The molecule has 0 unspecified atom stereocenters. The van der Waals surface area contributed by atoms with Crippen molar-refractivity contribution in [3.8, 4) is 0 Å². The Kier molecular flexibility index (Phi) is 11.6. The van der Waals surface area contributed by atoms with E-state index >= 15 is 0 Å². The molecule has 2 amide bonds. The molecule has 0 spiro atoms. The van der Waals surface area contributed by atoms with Crippen LogP contribution in [-0.4, -0.2) is 62.9 Å². The van der Waals surface area contributed by atoms with Gasteiger partial charge in [0.2, 0.25) is 0 Å². The molecule has 30 heavy (non-hydrogen) atoms. The Balaban J connectivity index is 0.00000450. The highest BCUT2D eigenvalue weighted by atomic mass is 127. The SMILES string of the molecule is CCNC(=NCCc1cccc(C(=O)N(C)C)c1)NCCNC(=O)c1ccco1.I. The largest absolute Gasteiger partial charge is 0.459 e. The van der Waals surface area contributed by atoms with Gasteiger partial charge in [0.15, 0.2) is 11.7 Å². The molecule has 0 atom stereocenters. The fourth-order valence-electron chi connectivity index (χ4n) is 2.61. The van der Waals surface area contributed by atoms with E-state index in [0.717, 1.165) is 18.5 Å². The van der Waals surface area contributed by atoms with Gasteiger partial charge < -0.3 is 25.3 Å². The number of guanidine groups is 1. The number of hydrogen-bond acceptors (Lipinski definition) is 4. The maximum absolute atomic E-state index is 12.1. The third-order valence-electron chi connectivity index (χ3n) is 4.04. The van der Waals surface area contributed by atoms with Crippen molar-refractivity contribution in [1.82, 2.24) is 20.9 Å². The molecule has 0 aliphatic heterocycles. The number of aliphatic imine (C=N–C) groups is 1. The lowest BCUT2D eigenvalue weighted by Crippen LogP contribution is -2.41. The topological polar surface area (TPSA) is 99.0 Å². The minimum absolute atomic E-state index is 0. The number of furan rings is 1. The summed E-state index contributed by atoms with van der Waals surface area (Å²) in [6.07, 6.45) is 2.19. The maximum Gasteiger partial charge on any atom is 0.287 e. The van der Waals surface area contributed by atoms with E-state index in [4.69, 9.17) is 4.42 Å². The minimum Gasteiger partial charge on any atom is -0.459 e. The lowest BCUT2D eigenvalue weighted by atomic mass is 10.1. The van der Waals surface area contributed by atoms with E-state index in [1.165, 1.54) is 6.26 Å². The predicted molar refractivity (Wildman–Crippen MR) is 129 cm³/mol. The standard InChI is InChI=1S/C21H29N5O3.HI/c1-4-22-21(25-13-12-23-19(27)18-9-6-14-29-18)24-11-10-16-7-5-8-17(15-16)20(28)26(2)3;/h5-9,14-15H,4,10-13H2,1-3H3,(H,23,27)(H2,22,24,25);1H. The van der Waals surface area contributed by atoms with Crippen LogP contribution < -0.4 is 16.0 Å². The molecule has 2 rings (SSSR count). The molecule has 1 heterocycles. The van der Waals surface area contributed by atoms with E-state index in [-0.39, 0.29) is 35.8 Å². The Morgan fingerprint density at radius 3 is 2.50 bits per heavy atom. The van der Waals surface area contributed by atoms with Crippen LogP contribution in [0.2, 0.25) is 0 Å². The van der Waals surface area contributed by atoms with Gasteiger partial charge in [0.1, 0.15) is 0 Å². The predicted octanol–water partition coefficient (Wildman–Crippen LogP) is 2.13. The van der Waals surface area contributed by atoms with Gasteiger partial charge in [-0.15, -0.1) is 24.0 Å². The molecule has 0 saturated carbocycles. The smallest absolute Gasteiger partial charge is 0.287 e. The number of halogens is 1. The normalized spacial score (nSPS) is 10.7. The summed E-state index contributed by atoms with van der Waals surface area (Å²) in [6.45, 7) is 4.28. The number of hydrogen-bond donors (Lipinski definition) is 3. The lowest BCUT2D eigenvalue weighted by molar-refractivity contribution is 0.0827. The van der Waals surface area contributed by atoms with Crippen molar-refractivity contribution in [2.24, 2.45) is 4.99 Å². The molecule has 0 aliphatic rings. The average Bonchev–Trinajstić information content (AvgIpc) is 3.25. The number of nitrogens with one attached hydrogen (secondary N) is 3. The number of amides is 2. The second kappa shape index (κ2) is 13.6. The Bertz CT molecular complexity index is 822. The first kappa shape index (κ1) is 25.5. The van der Waals surface area contributed by atoms with E-state index < -0.39 is 0 Å². The van der Waals surface area contributed by atoms with E-state index in [1.807, 2.05) is 31.2 Å². The van der Waals surface area contributed by atoms with E-state index in [1.54, 1.807) is 31.1 Å².